The van der Waals surface area contributed by atoms with Gasteiger partial charge in [0, 0.05) is 30.2 Å². The van der Waals surface area contributed by atoms with E-state index in [2.05, 4.69) is 28.5 Å². The molecule has 2 aromatic heterocycles. The van der Waals surface area contributed by atoms with Gasteiger partial charge in [-0.2, -0.15) is 0 Å². The van der Waals surface area contributed by atoms with E-state index in [1.54, 1.807) is 0 Å². The minimum Gasteiger partial charge on any atom is -0.310 e. The van der Waals surface area contributed by atoms with Gasteiger partial charge in [0.1, 0.15) is 5.82 Å². The van der Waals surface area contributed by atoms with Crippen LogP contribution in [0.4, 0.5) is 0 Å². The average molecular weight is 301 g/mol. The first-order valence-corrected chi connectivity index (χ1v) is 7.39. The number of hydrogen-bond acceptors (Lipinski definition) is 3. The zero-order valence-electron chi connectivity index (χ0n) is 11.8. The van der Waals surface area contributed by atoms with Crippen LogP contribution in [0.5, 0.6) is 0 Å². The second-order valence-corrected chi connectivity index (χ2v) is 5.46. The van der Waals surface area contributed by atoms with E-state index in [0.717, 1.165) is 29.5 Å². The standard InChI is InChI=1S/C16H17ClN4/c1-12(13-5-4-6-14(17)11-13)18-9-8-16-20-19-15-7-2-3-10-21(15)16/h2-7,10-12,18H,8-9H2,1H3. The van der Waals surface area contributed by atoms with Crippen molar-refractivity contribution in [1.82, 2.24) is 19.9 Å². The van der Waals surface area contributed by atoms with Crippen molar-refractivity contribution in [2.45, 2.75) is 19.4 Å². The smallest absolute Gasteiger partial charge is 0.160 e. The lowest BCUT2D eigenvalue weighted by molar-refractivity contribution is 0.569. The minimum absolute atomic E-state index is 0.253. The molecule has 0 bridgehead atoms. The average Bonchev–Trinajstić information content (AvgIpc) is 2.91. The molecule has 1 N–H and O–H groups in total. The maximum absolute atomic E-state index is 6.02. The third-order valence-corrected chi connectivity index (χ3v) is 3.77. The van der Waals surface area contributed by atoms with Crippen LogP contribution in [0.1, 0.15) is 24.4 Å². The van der Waals surface area contributed by atoms with E-state index < -0.39 is 0 Å². The summed E-state index contributed by atoms with van der Waals surface area (Å²) in [7, 11) is 0. The number of hydrogen-bond donors (Lipinski definition) is 1. The van der Waals surface area contributed by atoms with Crippen molar-refractivity contribution in [3.05, 3.63) is 65.1 Å². The van der Waals surface area contributed by atoms with Crippen LogP contribution in [0.2, 0.25) is 5.02 Å². The summed E-state index contributed by atoms with van der Waals surface area (Å²) in [5.41, 5.74) is 2.07. The molecular weight excluding hydrogens is 284 g/mol. The van der Waals surface area contributed by atoms with E-state index >= 15 is 0 Å². The first-order chi connectivity index (χ1) is 10.2. The molecule has 0 fully saturated rings. The minimum atomic E-state index is 0.253. The van der Waals surface area contributed by atoms with Crippen LogP contribution < -0.4 is 5.32 Å². The molecule has 3 rings (SSSR count). The molecule has 0 aliphatic heterocycles. The van der Waals surface area contributed by atoms with Crippen LogP contribution in [0.3, 0.4) is 0 Å². The second-order valence-electron chi connectivity index (χ2n) is 5.03. The summed E-state index contributed by atoms with van der Waals surface area (Å²) >= 11 is 6.02. The molecule has 3 aromatic rings. The monoisotopic (exact) mass is 300 g/mol. The van der Waals surface area contributed by atoms with Gasteiger partial charge >= 0.3 is 0 Å². The highest BCUT2D eigenvalue weighted by Gasteiger charge is 2.07. The Morgan fingerprint density at radius 3 is 2.95 bits per heavy atom. The molecule has 1 atom stereocenters. The highest BCUT2D eigenvalue weighted by Crippen LogP contribution is 2.17. The number of nitrogens with zero attached hydrogens (tertiary/aromatic N) is 3. The molecule has 0 saturated heterocycles. The number of nitrogens with one attached hydrogen (secondary N) is 1. The van der Waals surface area contributed by atoms with Gasteiger partial charge in [-0.25, -0.2) is 0 Å². The summed E-state index contributed by atoms with van der Waals surface area (Å²) < 4.78 is 2.02. The van der Waals surface area contributed by atoms with E-state index in [1.807, 2.05) is 47.0 Å². The molecule has 0 aliphatic rings. The SMILES string of the molecule is CC(NCCc1nnc2ccccn12)c1cccc(Cl)c1. The van der Waals surface area contributed by atoms with Gasteiger partial charge in [0.15, 0.2) is 5.65 Å². The van der Waals surface area contributed by atoms with Crippen molar-refractivity contribution in [1.29, 1.82) is 0 Å². The molecule has 2 heterocycles. The first-order valence-electron chi connectivity index (χ1n) is 7.01. The van der Waals surface area contributed by atoms with Crippen LogP contribution in [-0.4, -0.2) is 21.1 Å². The molecule has 0 aliphatic carbocycles. The van der Waals surface area contributed by atoms with Gasteiger partial charge in [-0.1, -0.05) is 29.8 Å². The number of halogens is 1. The highest BCUT2D eigenvalue weighted by atomic mass is 35.5. The number of fused-ring (bicyclic) bond motifs is 1. The summed E-state index contributed by atoms with van der Waals surface area (Å²) in [6, 6.07) is 14.1. The number of pyridine rings is 1. The molecule has 0 radical (unpaired) electrons. The molecule has 0 saturated carbocycles. The molecule has 4 nitrogen and oxygen atoms in total. The molecule has 1 aromatic carbocycles. The summed E-state index contributed by atoms with van der Waals surface area (Å²) in [5.74, 6) is 0.969. The van der Waals surface area contributed by atoms with Crippen molar-refractivity contribution < 1.29 is 0 Å². The molecule has 0 spiro atoms. The first kappa shape index (κ1) is 14.0. The molecule has 5 heteroatoms. The molecule has 108 valence electrons. The normalized spacial score (nSPS) is 12.7. The van der Waals surface area contributed by atoms with Gasteiger partial charge in [0.05, 0.1) is 0 Å². The third kappa shape index (κ3) is 3.23. The van der Waals surface area contributed by atoms with E-state index in [1.165, 1.54) is 5.56 Å². The summed E-state index contributed by atoms with van der Waals surface area (Å²) in [6.45, 7) is 2.97. The Bertz CT molecular complexity index is 738. The number of aromatic nitrogens is 3. The highest BCUT2D eigenvalue weighted by molar-refractivity contribution is 6.30. The zero-order valence-corrected chi connectivity index (χ0v) is 12.6. The largest absolute Gasteiger partial charge is 0.310 e. The van der Waals surface area contributed by atoms with Gasteiger partial charge < -0.3 is 5.32 Å². The van der Waals surface area contributed by atoms with Crippen LogP contribution in [0.25, 0.3) is 5.65 Å². The molecule has 0 amide bonds. The Morgan fingerprint density at radius 2 is 2.10 bits per heavy atom. The van der Waals surface area contributed by atoms with Crippen molar-refractivity contribution >= 4 is 17.2 Å². The lowest BCUT2D eigenvalue weighted by Crippen LogP contribution is -2.22. The Kier molecular flexibility index (Phi) is 4.18. The topological polar surface area (TPSA) is 42.2 Å². The fourth-order valence-electron chi connectivity index (χ4n) is 2.36. The summed E-state index contributed by atoms with van der Waals surface area (Å²) in [4.78, 5) is 0. The Hall–Kier alpha value is -1.91. The van der Waals surface area contributed by atoms with E-state index in [4.69, 9.17) is 11.6 Å². The van der Waals surface area contributed by atoms with E-state index in [9.17, 15) is 0 Å². The maximum Gasteiger partial charge on any atom is 0.160 e. The Morgan fingerprint density at radius 1 is 1.19 bits per heavy atom. The van der Waals surface area contributed by atoms with Crippen LogP contribution >= 0.6 is 11.6 Å². The Labute approximate surface area is 128 Å². The fraction of sp³-hybridized carbons (Fsp3) is 0.250. The maximum atomic E-state index is 6.02. The van der Waals surface area contributed by atoms with Crippen molar-refractivity contribution in [2.24, 2.45) is 0 Å². The predicted octanol–water partition coefficient (Wildman–Crippen LogP) is 3.28. The van der Waals surface area contributed by atoms with Crippen LogP contribution in [0.15, 0.2) is 48.7 Å². The predicted molar refractivity (Wildman–Crippen MR) is 84.6 cm³/mol. The Balaban J connectivity index is 1.61. The number of benzene rings is 1. The second kappa shape index (κ2) is 6.24. The zero-order chi connectivity index (χ0) is 14.7. The third-order valence-electron chi connectivity index (χ3n) is 3.53. The van der Waals surface area contributed by atoms with Crippen molar-refractivity contribution in [2.75, 3.05) is 6.54 Å². The van der Waals surface area contributed by atoms with Crippen molar-refractivity contribution in [3.63, 3.8) is 0 Å². The lowest BCUT2D eigenvalue weighted by Gasteiger charge is -2.14. The quantitative estimate of drug-likeness (QED) is 0.786. The number of rotatable bonds is 5. The fourth-order valence-corrected chi connectivity index (χ4v) is 2.55. The summed E-state index contributed by atoms with van der Waals surface area (Å²) in [6.07, 6.45) is 2.82. The molecule has 21 heavy (non-hydrogen) atoms. The van der Waals surface area contributed by atoms with Crippen LogP contribution in [-0.2, 0) is 6.42 Å². The van der Waals surface area contributed by atoms with Gasteiger partial charge in [-0.15, -0.1) is 10.2 Å². The molecular formula is C16H17ClN4. The van der Waals surface area contributed by atoms with Gasteiger partial charge in [0.2, 0.25) is 0 Å². The van der Waals surface area contributed by atoms with Gasteiger partial charge in [-0.3, -0.25) is 4.40 Å². The van der Waals surface area contributed by atoms with Crippen LogP contribution in [0, 0.1) is 0 Å². The van der Waals surface area contributed by atoms with Gasteiger partial charge in [-0.05, 0) is 36.8 Å². The molecule has 1 unspecified atom stereocenters. The van der Waals surface area contributed by atoms with Gasteiger partial charge in [0.25, 0.3) is 0 Å². The summed E-state index contributed by atoms with van der Waals surface area (Å²) in [5, 5.41) is 12.6. The van der Waals surface area contributed by atoms with Crippen molar-refractivity contribution in [3.8, 4) is 0 Å². The lowest BCUT2D eigenvalue weighted by atomic mass is 10.1. The van der Waals surface area contributed by atoms with E-state index in [-0.39, 0.29) is 6.04 Å². The van der Waals surface area contributed by atoms with E-state index in [0.29, 0.717) is 0 Å².